The summed E-state index contributed by atoms with van der Waals surface area (Å²) in [6.45, 7) is 1.54. The predicted molar refractivity (Wildman–Crippen MR) is 83.2 cm³/mol. The van der Waals surface area contributed by atoms with Gasteiger partial charge in [0.1, 0.15) is 0 Å². The first kappa shape index (κ1) is 16.6. The van der Waals surface area contributed by atoms with Crippen molar-refractivity contribution in [2.45, 2.75) is 11.8 Å². The van der Waals surface area contributed by atoms with E-state index in [0.717, 1.165) is 0 Å². The van der Waals surface area contributed by atoms with Crippen LogP contribution >= 0.6 is 15.9 Å². The van der Waals surface area contributed by atoms with Crippen LogP contribution in [-0.4, -0.2) is 20.1 Å². The SMILES string of the molecule is CCS(=O)(=O)c1ccc(C(=O)Oc2ccc(Br)cc2F)cc1. The van der Waals surface area contributed by atoms with Gasteiger partial charge in [0.2, 0.25) is 0 Å². The standard InChI is InChI=1S/C15H12BrFO4S/c1-2-22(19,20)12-6-3-10(4-7-12)15(18)21-14-8-5-11(16)9-13(14)17/h3-9H,2H2,1H3. The van der Waals surface area contributed by atoms with E-state index in [4.69, 9.17) is 4.74 Å². The third-order valence-corrected chi connectivity index (χ3v) is 5.17. The predicted octanol–water partition coefficient (Wildman–Crippen LogP) is 3.60. The quantitative estimate of drug-likeness (QED) is 0.594. The van der Waals surface area contributed by atoms with Crippen LogP contribution in [0.1, 0.15) is 17.3 Å². The summed E-state index contributed by atoms with van der Waals surface area (Å²) in [5, 5.41) is 0. The molecule has 0 atom stereocenters. The smallest absolute Gasteiger partial charge is 0.343 e. The van der Waals surface area contributed by atoms with Crippen LogP contribution < -0.4 is 4.74 Å². The summed E-state index contributed by atoms with van der Waals surface area (Å²) < 4.78 is 42.4. The molecule has 0 unspecified atom stereocenters. The Balaban J connectivity index is 2.20. The molecule has 0 saturated heterocycles. The minimum Gasteiger partial charge on any atom is -0.420 e. The second kappa shape index (κ2) is 6.58. The number of hydrogen-bond donors (Lipinski definition) is 0. The largest absolute Gasteiger partial charge is 0.420 e. The lowest BCUT2D eigenvalue weighted by Crippen LogP contribution is -2.10. The van der Waals surface area contributed by atoms with Crippen molar-refractivity contribution in [1.82, 2.24) is 0 Å². The highest BCUT2D eigenvalue weighted by molar-refractivity contribution is 9.10. The number of esters is 1. The van der Waals surface area contributed by atoms with Crippen LogP contribution in [0.4, 0.5) is 4.39 Å². The summed E-state index contributed by atoms with van der Waals surface area (Å²) in [7, 11) is -3.33. The van der Waals surface area contributed by atoms with Crippen LogP contribution in [0.25, 0.3) is 0 Å². The number of sulfone groups is 1. The van der Waals surface area contributed by atoms with Gasteiger partial charge in [-0.3, -0.25) is 0 Å². The molecule has 2 aromatic carbocycles. The van der Waals surface area contributed by atoms with E-state index in [9.17, 15) is 17.6 Å². The van der Waals surface area contributed by atoms with Crippen molar-refractivity contribution in [2.75, 3.05) is 5.75 Å². The van der Waals surface area contributed by atoms with E-state index in [1.165, 1.54) is 43.3 Å². The first-order valence-electron chi connectivity index (χ1n) is 6.33. The molecule has 0 aliphatic heterocycles. The van der Waals surface area contributed by atoms with Crippen LogP contribution in [0.15, 0.2) is 51.8 Å². The van der Waals surface area contributed by atoms with Crippen LogP contribution in [-0.2, 0) is 9.84 Å². The number of carbonyl (C=O) groups excluding carboxylic acids is 1. The molecule has 0 aromatic heterocycles. The van der Waals surface area contributed by atoms with Crippen molar-refractivity contribution in [1.29, 1.82) is 0 Å². The Morgan fingerprint density at radius 1 is 1.18 bits per heavy atom. The molecule has 2 rings (SSSR count). The van der Waals surface area contributed by atoms with Gasteiger partial charge in [-0.25, -0.2) is 17.6 Å². The summed E-state index contributed by atoms with van der Waals surface area (Å²) in [4.78, 5) is 12.1. The van der Waals surface area contributed by atoms with Crippen LogP contribution in [0.2, 0.25) is 0 Å². The van der Waals surface area contributed by atoms with E-state index in [1.807, 2.05) is 0 Å². The lowest BCUT2D eigenvalue weighted by molar-refractivity contribution is 0.0727. The van der Waals surface area contributed by atoms with Gasteiger partial charge in [-0.15, -0.1) is 0 Å². The molecule has 0 fully saturated rings. The zero-order valence-electron chi connectivity index (χ0n) is 11.5. The van der Waals surface area contributed by atoms with Crippen molar-refractivity contribution in [3.8, 4) is 5.75 Å². The number of hydrogen-bond acceptors (Lipinski definition) is 4. The fraction of sp³-hybridized carbons (Fsp3) is 0.133. The molecule has 0 N–H and O–H groups in total. The summed E-state index contributed by atoms with van der Waals surface area (Å²) >= 11 is 3.10. The summed E-state index contributed by atoms with van der Waals surface area (Å²) in [6, 6.07) is 9.37. The molecule has 0 amide bonds. The summed E-state index contributed by atoms with van der Waals surface area (Å²) in [6.07, 6.45) is 0. The Labute approximate surface area is 136 Å². The minimum absolute atomic E-state index is 0.0269. The van der Waals surface area contributed by atoms with E-state index < -0.39 is 21.6 Å². The molecule has 0 spiro atoms. The van der Waals surface area contributed by atoms with Gasteiger partial charge in [0.05, 0.1) is 16.2 Å². The lowest BCUT2D eigenvalue weighted by atomic mass is 10.2. The fourth-order valence-corrected chi connectivity index (χ4v) is 2.90. The third-order valence-electron chi connectivity index (χ3n) is 2.93. The molecule has 0 aliphatic carbocycles. The highest BCUT2D eigenvalue weighted by Crippen LogP contribution is 2.22. The Kier molecular flexibility index (Phi) is 4.97. The first-order valence-corrected chi connectivity index (χ1v) is 8.78. The molecule has 0 bridgehead atoms. The monoisotopic (exact) mass is 386 g/mol. The van der Waals surface area contributed by atoms with Gasteiger partial charge in [0.25, 0.3) is 0 Å². The maximum atomic E-state index is 13.6. The molecular formula is C15H12BrFO4S. The summed E-state index contributed by atoms with van der Waals surface area (Å²) in [5.74, 6) is -1.66. The van der Waals surface area contributed by atoms with E-state index >= 15 is 0 Å². The van der Waals surface area contributed by atoms with Crippen molar-refractivity contribution >= 4 is 31.7 Å². The van der Waals surface area contributed by atoms with Crippen molar-refractivity contribution in [3.63, 3.8) is 0 Å². The molecule has 7 heteroatoms. The zero-order valence-corrected chi connectivity index (χ0v) is 13.9. The molecule has 0 radical (unpaired) electrons. The number of rotatable bonds is 4. The Hall–Kier alpha value is -1.73. The van der Waals surface area contributed by atoms with Gasteiger partial charge < -0.3 is 4.74 Å². The van der Waals surface area contributed by atoms with Gasteiger partial charge >= 0.3 is 5.97 Å². The topological polar surface area (TPSA) is 60.4 Å². The second-order valence-electron chi connectivity index (χ2n) is 4.39. The highest BCUT2D eigenvalue weighted by atomic mass is 79.9. The van der Waals surface area contributed by atoms with E-state index in [-0.39, 0.29) is 22.0 Å². The maximum Gasteiger partial charge on any atom is 0.343 e. The third kappa shape index (κ3) is 3.72. The minimum atomic E-state index is -3.33. The average Bonchev–Trinajstić information content (AvgIpc) is 2.50. The lowest BCUT2D eigenvalue weighted by Gasteiger charge is -2.06. The van der Waals surface area contributed by atoms with Crippen molar-refractivity contribution in [2.24, 2.45) is 0 Å². The maximum absolute atomic E-state index is 13.6. The molecule has 4 nitrogen and oxygen atoms in total. The van der Waals surface area contributed by atoms with Crippen LogP contribution in [0.5, 0.6) is 5.75 Å². The molecular weight excluding hydrogens is 375 g/mol. The highest BCUT2D eigenvalue weighted by Gasteiger charge is 2.15. The molecule has 22 heavy (non-hydrogen) atoms. The molecule has 0 aliphatic rings. The fourth-order valence-electron chi connectivity index (χ4n) is 1.68. The zero-order chi connectivity index (χ0) is 16.3. The number of benzene rings is 2. The summed E-state index contributed by atoms with van der Waals surface area (Å²) in [5.41, 5.74) is 0.136. The van der Waals surface area contributed by atoms with E-state index in [2.05, 4.69) is 15.9 Å². The van der Waals surface area contributed by atoms with E-state index in [1.54, 1.807) is 6.07 Å². The van der Waals surface area contributed by atoms with Crippen molar-refractivity contribution < 1.29 is 22.3 Å². The second-order valence-corrected chi connectivity index (χ2v) is 7.59. The van der Waals surface area contributed by atoms with Gasteiger partial charge in [0.15, 0.2) is 21.4 Å². The van der Waals surface area contributed by atoms with Crippen molar-refractivity contribution in [3.05, 3.63) is 58.3 Å². The Morgan fingerprint density at radius 2 is 1.82 bits per heavy atom. The Morgan fingerprint density at radius 3 is 2.36 bits per heavy atom. The average molecular weight is 387 g/mol. The molecule has 116 valence electrons. The van der Waals surface area contributed by atoms with Crippen LogP contribution in [0, 0.1) is 5.82 Å². The normalized spacial score (nSPS) is 11.2. The number of carbonyl (C=O) groups is 1. The van der Waals surface area contributed by atoms with Gasteiger partial charge in [-0.05, 0) is 42.5 Å². The molecule has 0 heterocycles. The van der Waals surface area contributed by atoms with Gasteiger partial charge in [-0.1, -0.05) is 22.9 Å². The molecule has 0 saturated carbocycles. The van der Waals surface area contributed by atoms with E-state index in [0.29, 0.717) is 4.47 Å². The van der Waals surface area contributed by atoms with Gasteiger partial charge in [-0.2, -0.15) is 0 Å². The Bertz CT molecular complexity index is 801. The molecule has 2 aromatic rings. The number of halogens is 2. The number of ether oxygens (including phenoxy) is 1. The first-order chi connectivity index (χ1) is 10.3. The van der Waals surface area contributed by atoms with Gasteiger partial charge in [0, 0.05) is 4.47 Å². The van der Waals surface area contributed by atoms with Crippen LogP contribution in [0.3, 0.4) is 0 Å².